The van der Waals surface area contributed by atoms with Gasteiger partial charge in [-0.3, -0.25) is 0 Å². The van der Waals surface area contributed by atoms with E-state index in [1.165, 1.54) is 6.07 Å². The van der Waals surface area contributed by atoms with E-state index >= 15 is 0 Å². The van der Waals surface area contributed by atoms with E-state index in [-0.39, 0.29) is 10.6 Å². The lowest BCUT2D eigenvalue weighted by Crippen LogP contribution is -1.97. The molecule has 0 aliphatic heterocycles. The van der Waals surface area contributed by atoms with Gasteiger partial charge < -0.3 is 5.11 Å². The molecule has 0 spiro atoms. The van der Waals surface area contributed by atoms with Crippen LogP contribution in [0.3, 0.4) is 0 Å². The van der Waals surface area contributed by atoms with Crippen molar-refractivity contribution in [3.63, 3.8) is 0 Å². The van der Waals surface area contributed by atoms with Crippen LogP contribution < -0.4 is 0 Å². The van der Waals surface area contributed by atoms with Gasteiger partial charge in [0.2, 0.25) is 0 Å². The Balaban J connectivity index is 2.54. The Morgan fingerprint density at radius 3 is 1.94 bits per heavy atom. The van der Waals surface area contributed by atoms with Gasteiger partial charge in [0.15, 0.2) is 0 Å². The van der Waals surface area contributed by atoms with Crippen molar-refractivity contribution < 1.29 is 9.90 Å². The molecule has 0 bridgehead atoms. The van der Waals surface area contributed by atoms with E-state index in [4.69, 9.17) is 39.9 Å². The summed E-state index contributed by atoms with van der Waals surface area (Å²) < 4.78 is 0. The fourth-order valence-electron chi connectivity index (χ4n) is 1.54. The van der Waals surface area contributed by atoms with Gasteiger partial charge in [-0.15, -0.1) is 0 Å². The Morgan fingerprint density at radius 1 is 0.833 bits per heavy atom. The molecule has 0 aromatic heterocycles. The molecule has 0 aliphatic carbocycles. The monoisotopic (exact) mass is 300 g/mol. The first-order valence-electron chi connectivity index (χ1n) is 4.97. The maximum atomic E-state index is 11.0. The van der Waals surface area contributed by atoms with Crippen LogP contribution in [0.15, 0.2) is 36.4 Å². The molecular weight excluding hydrogens is 294 g/mol. The maximum absolute atomic E-state index is 11.0. The maximum Gasteiger partial charge on any atom is 0.337 e. The second kappa shape index (κ2) is 5.19. The molecule has 18 heavy (non-hydrogen) atoms. The number of halogens is 3. The molecule has 1 N–H and O–H groups in total. The van der Waals surface area contributed by atoms with Gasteiger partial charge >= 0.3 is 5.97 Å². The summed E-state index contributed by atoms with van der Waals surface area (Å²) in [5.41, 5.74) is 1.55. The largest absolute Gasteiger partial charge is 0.478 e. The van der Waals surface area contributed by atoms with Crippen LogP contribution in [0.1, 0.15) is 10.4 Å². The fourth-order valence-corrected chi connectivity index (χ4v) is 2.04. The number of benzene rings is 2. The summed E-state index contributed by atoms with van der Waals surface area (Å²) in [6, 6.07) is 9.89. The van der Waals surface area contributed by atoms with Crippen LogP contribution in [0, 0.1) is 0 Å². The Morgan fingerprint density at radius 2 is 1.39 bits per heavy atom. The summed E-state index contributed by atoms with van der Waals surface area (Å²) in [6.07, 6.45) is 0. The lowest BCUT2D eigenvalue weighted by molar-refractivity contribution is 0.0697. The van der Waals surface area contributed by atoms with E-state index < -0.39 is 5.97 Å². The summed E-state index contributed by atoms with van der Waals surface area (Å²) >= 11 is 17.6. The highest BCUT2D eigenvalue weighted by Crippen LogP contribution is 2.30. The zero-order chi connectivity index (χ0) is 13.3. The summed E-state index contributed by atoms with van der Waals surface area (Å²) in [7, 11) is 0. The van der Waals surface area contributed by atoms with E-state index in [1.807, 2.05) is 0 Å². The molecule has 0 fully saturated rings. The third-order valence-electron chi connectivity index (χ3n) is 2.45. The SMILES string of the molecule is O=C(O)c1cc(-c2ccc(Cl)c(Cl)c2)ccc1Cl. The Kier molecular flexibility index (Phi) is 3.81. The number of hydrogen-bond donors (Lipinski definition) is 1. The predicted molar refractivity (Wildman–Crippen MR) is 73.9 cm³/mol. The number of rotatable bonds is 2. The average Bonchev–Trinajstić information content (AvgIpc) is 2.33. The standard InChI is InChI=1S/C13H7Cl3O2/c14-10-3-1-7(5-9(10)13(17)18)8-2-4-11(15)12(16)6-8/h1-6H,(H,17,18). The van der Waals surface area contributed by atoms with Gasteiger partial charge in [-0.05, 0) is 35.4 Å². The smallest absolute Gasteiger partial charge is 0.337 e. The van der Waals surface area contributed by atoms with Crippen LogP contribution in [-0.2, 0) is 0 Å². The zero-order valence-corrected chi connectivity index (χ0v) is 11.2. The molecule has 0 aliphatic rings. The minimum Gasteiger partial charge on any atom is -0.478 e. The van der Waals surface area contributed by atoms with E-state index in [0.717, 1.165) is 11.1 Å². The highest BCUT2D eigenvalue weighted by molar-refractivity contribution is 6.42. The van der Waals surface area contributed by atoms with Gasteiger partial charge in [-0.25, -0.2) is 4.79 Å². The van der Waals surface area contributed by atoms with Gasteiger partial charge in [-0.1, -0.05) is 46.9 Å². The van der Waals surface area contributed by atoms with Gasteiger partial charge in [0.05, 0.1) is 20.6 Å². The number of carboxylic acids is 1. The topological polar surface area (TPSA) is 37.3 Å². The highest BCUT2D eigenvalue weighted by Gasteiger charge is 2.10. The summed E-state index contributed by atoms with van der Waals surface area (Å²) in [5, 5.41) is 10.1. The van der Waals surface area contributed by atoms with Gasteiger partial charge in [0.25, 0.3) is 0 Å². The first-order chi connectivity index (χ1) is 8.49. The molecule has 2 rings (SSSR count). The Hall–Kier alpha value is -1.22. The predicted octanol–water partition coefficient (Wildman–Crippen LogP) is 5.01. The number of aromatic carboxylic acids is 1. The van der Waals surface area contributed by atoms with Crippen LogP contribution in [0.25, 0.3) is 11.1 Å². The van der Waals surface area contributed by atoms with Crippen LogP contribution >= 0.6 is 34.8 Å². The molecule has 0 atom stereocenters. The molecule has 2 aromatic rings. The van der Waals surface area contributed by atoms with Crippen molar-refractivity contribution in [1.29, 1.82) is 0 Å². The van der Waals surface area contributed by atoms with Crippen molar-refractivity contribution in [3.8, 4) is 11.1 Å². The number of hydrogen-bond acceptors (Lipinski definition) is 1. The van der Waals surface area contributed by atoms with Crippen molar-refractivity contribution in [2.24, 2.45) is 0 Å². The summed E-state index contributed by atoms with van der Waals surface area (Å²) in [4.78, 5) is 11.0. The molecule has 2 aromatic carbocycles. The first kappa shape index (κ1) is 13.2. The van der Waals surface area contributed by atoms with E-state index in [1.54, 1.807) is 30.3 Å². The van der Waals surface area contributed by atoms with Gasteiger partial charge in [0.1, 0.15) is 0 Å². The van der Waals surface area contributed by atoms with E-state index in [9.17, 15) is 4.79 Å². The van der Waals surface area contributed by atoms with Gasteiger partial charge in [0, 0.05) is 0 Å². The van der Waals surface area contributed by atoms with Crippen LogP contribution in [0.2, 0.25) is 15.1 Å². The molecule has 92 valence electrons. The second-order valence-corrected chi connectivity index (χ2v) is 4.85. The summed E-state index contributed by atoms with van der Waals surface area (Å²) in [5.74, 6) is -1.07. The van der Waals surface area contributed by atoms with E-state index in [0.29, 0.717) is 10.0 Å². The highest BCUT2D eigenvalue weighted by atomic mass is 35.5. The van der Waals surface area contributed by atoms with Crippen LogP contribution in [-0.4, -0.2) is 11.1 Å². The minimum atomic E-state index is -1.07. The quantitative estimate of drug-likeness (QED) is 0.846. The molecule has 5 heteroatoms. The molecular formula is C13H7Cl3O2. The third kappa shape index (κ3) is 2.61. The lowest BCUT2D eigenvalue weighted by atomic mass is 10.0. The number of carboxylic acid groups (broad SMARTS) is 1. The minimum absolute atomic E-state index is 0.0558. The first-order valence-corrected chi connectivity index (χ1v) is 6.10. The molecule has 0 unspecified atom stereocenters. The normalized spacial score (nSPS) is 10.4. The molecule has 0 amide bonds. The van der Waals surface area contributed by atoms with Crippen LogP contribution in [0.4, 0.5) is 0 Å². The van der Waals surface area contributed by atoms with E-state index in [2.05, 4.69) is 0 Å². The molecule has 2 nitrogen and oxygen atoms in total. The zero-order valence-electron chi connectivity index (χ0n) is 8.95. The Bertz CT molecular complexity index is 624. The third-order valence-corrected chi connectivity index (χ3v) is 3.52. The Labute approximate surface area is 119 Å². The number of carbonyl (C=O) groups is 1. The van der Waals surface area contributed by atoms with Gasteiger partial charge in [-0.2, -0.15) is 0 Å². The van der Waals surface area contributed by atoms with Crippen molar-refractivity contribution in [2.75, 3.05) is 0 Å². The molecule has 0 saturated heterocycles. The average molecular weight is 302 g/mol. The second-order valence-electron chi connectivity index (χ2n) is 3.63. The summed E-state index contributed by atoms with van der Waals surface area (Å²) in [6.45, 7) is 0. The van der Waals surface area contributed by atoms with Crippen molar-refractivity contribution in [3.05, 3.63) is 57.0 Å². The molecule has 0 saturated carbocycles. The van der Waals surface area contributed by atoms with Crippen molar-refractivity contribution >= 4 is 40.8 Å². The van der Waals surface area contributed by atoms with Crippen molar-refractivity contribution in [2.45, 2.75) is 0 Å². The molecule has 0 heterocycles. The molecule has 0 radical (unpaired) electrons. The fraction of sp³-hybridized carbons (Fsp3) is 0. The van der Waals surface area contributed by atoms with Crippen molar-refractivity contribution in [1.82, 2.24) is 0 Å². The van der Waals surface area contributed by atoms with Crippen LogP contribution in [0.5, 0.6) is 0 Å². The lowest BCUT2D eigenvalue weighted by Gasteiger charge is -2.06.